The molecule has 1 aliphatic rings. The normalized spacial score (nSPS) is 28.4. The number of nitrogens with one attached hydrogen (secondary N) is 1. The molecule has 0 radical (unpaired) electrons. The van der Waals surface area contributed by atoms with E-state index in [4.69, 9.17) is 4.74 Å². The molecule has 4 nitrogen and oxygen atoms in total. The second-order valence-corrected chi connectivity index (χ2v) is 5.59. The maximum absolute atomic E-state index is 11.6. The monoisotopic (exact) mass is 229 g/mol. The van der Waals surface area contributed by atoms with E-state index in [1.165, 1.54) is 13.8 Å². The lowest BCUT2D eigenvalue weighted by Gasteiger charge is -2.52. The van der Waals surface area contributed by atoms with Crippen LogP contribution in [0.2, 0.25) is 0 Å². The first-order valence-electron chi connectivity index (χ1n) is 5.84. The van der Waals surface area contributed by atoms with Crippen molar-refractivity contribution in [1.29, 1.82) is 0 Å². The Hall–Kier alpha value is -0.610. The summed E-state index contributed by atoms with van der Waals surface area (Å²) in [7, 11) is 0. The molecule has 0 heterocycles. The second kappa shape index (κ2) is 4.34. The van der Waals surface area contributed by atoms with Gasteiger partial charge in [0, 0.05) is 18.1 Å². The molecule has 2 N–H and O–H groups in total. The van der Waals surface area contributed by atoms with Crippen LogP contribution in [0.25, 0.3) is 0 Å². The van der Waals surface area contributed by atoms with Crippen LogP contribution in [-0.4, -0.2) is 35.4 Å². The topological polar surface area (TPSA) is 58.6 Å². The number of carbonyl (C=O) groups excluding carboxylic acids is 1. The Bertz CT molecular complexity index is 268. The van der Waals surface area contributed by atoms with E-state index < -0.39 is 5.60 Å². The zero-order chi connectivity index (χ0) is 12.6. The number of hydrogen-bond acceptors (Lipinski definition) is 3. The molecule has 1 rings (SSSR count). The highest BCUT2D eigenvalue weighted by Crippen LogP contribution is 2.42. The number of hydrogen-bond donors (Lipinski definition) is 2. The predicted molar refractivity (Wildman–Crippen MR) is 62.0 cm³/mol. The summed E-state index contributed by atoms with van der Waals surface area (Å²) < 4.78 is 5.58. The first kappa shape index (κ1) is 13.5. The molecule has 0 aromatic carbocycles. The number of carbonyl (C=O) groups is 1. The zero-order valence-corrected chi connectivity index (χ0v) is 10.8. The van der Waals surface area contributed by atoms with E-state index in [0.29, 0.717) is 6.61 Å². The molecule has 1 fully saturated rings. The van der Waals surface area contributed by atoms with Crippen LogP contribution < -0.4 is 5.32 Å². The molecular weight excluding hydrogens is 206 g/mol. The van der Waals surface area contributed by atoms with Crippen molar-refractivity contribution in [2.75, 3.05) is 6.61 Å². The SMILES string of the molecule is CCOC1CC(NC(=O)C(C)(C)O)C1(C)C. The predicted octanol–water partition coefficient (Wildman–Crippen LogP) is 1.08. The standard InChI is InChI=1S/C12H23NO3/c1-6-16-9-7-8(11(9,2)3)13-10(14)12(4,5)15/h8-9,15H,6-7H2,1-5H3,(H,13,14). The smallest absolute Gasteiger partial charge is 0.251 e. The molecule has 0 spiro atoms. The maximum atomic E-state index is 11.6. The number of amides is 1. The van der Waals surface area contributed by atoms with Crippen LogP contribution in [-0.2, 0) is 9.53 Å². The molecule has 16 heavy (non-hydrogen) atoms. The van der Waals surface area contributed by atoms with Crippen molar-refractivity contribution in [2.45, 2.75) is 58.8 Å². The Morgan fingerprint density at radius 2 is 2.12 bits per heavy atom. The Morgan fingerprint density at radius 3 is 2.50 bits per heavy atom. The molecule has 0 saturated heterocycles. The third-order valence-electron chi connectivity index (χ3n) is 3.41. The van der Waals surface area contributed by atoms with E-state index >= 15 is 0 Å². The van der Waals surface area contributed by atoms with Crippen LogP contribution in [0.4, 0.5) is 0 Å². The number of aliphatic hydroxyl groups is 1. The van der Waals surface area contributed by atoms with Crippen LogP contribution in [0.1, 0.15) is 41.0 Å². The van der Waals surface area contributed by atoms with Crippen LogP contribution in [0.5, 0.6) is 0 Å². The minimum absolute atomic E-state index is 0.0586. The fourth-order valence-corrected chi connectivity index (χ4v) is 1.95. The van der Waals surface area contributed by atoms with Gasteiger partial charge in [-0.15, -0.1) is 0 Å². The molecule has 1 amide bonds. The molecule has 1 aliphatic carbocycles. The van der Waals surface area contributed by atoms with Gasteiger partial charge >= 0.3 is 0 Å². The van der Waals surface area contributed by atoms with Gasteiger partial charge in [0.1, 0.15) is 5.60 Å². The Labute approximate surface area is 97.4 Å². The molecular formula is C12H23NO3. The molecule has 1 saturated carbocycles. The molecule has 0 aliphatic heterocycles. The van der Waals surface area contributed by atoms with Crippen molar-refractivity contribution in [2.24, 2.45) is 5.41 Å². The summed E-state index contributed by atoms with van der Waals surface area (Å²) in [4.78, 5) is 11.6. The molecule has 0 aromatic heterocycles. The molecule has 2 atom stereocenters. The van der Waals surface area contributed by atoms with Gasteiger partial charge in [0.2, 0.25) is 0 Å². The highest BCUT2D eigenvalue weighted by molar-refractivity contribution is 5.84. The third kappa shape index (κ3) is 2.55. The summed E-state index contributed by atoms with van der Waals surface area (Å²) in [6.45, 7) is 9.80. The summed E-state index contributed by atoms with van der Waals surface area (Å²) in [6.07, 6.45) is 1.02. The van der Waals surface area contributed by atoms with Crippen LogP contribution in [0.15, 0.2) is 0 Å². The highest BCUT2D eigenvalue weighted by atomic mass is 16.5. The van der Waals surface area contributed by atoms with Gasteiger partial charge in [-0.1, -0.05) is 13.8 Å². The minimum atomic E-state index is -1.31. The molecule has 2 unspecified atom stereocenters. The van der Waals surface area contributed by atoms with E-state index in [1.54, 1.807) is 0 Å². The summed E-state index contributed by atoms with van der Waals surface area (Å²) in [6, 6.07) is 0.0861. The third-order valence-corrected chi connectivity index (χ3v) is 3.41. The van der Waals surface area contributed by atoms with Crippen molar-refractivity contribution in [1.82, 2.24) is 5.32 Å². The Morgan fingerprint density at radius 1 is 1.56 bits per heavy atom. The van der Waals surface area contributed by atoms with Gasteiger partial charge < -0.3 is 15.2 Å². The average molecular weight is 229 g/mol. The number of rotatable bonds is 4. The first-order chi connectivity index (χ1) is 7.19. The summed E-state index contributed by atoms with van der Waals surface area (Å²) in [5, 5.41) is 12.4. The van der Waals surface area contributed by atoms with Gasteiger partial charge in [0.25, 0.3) is 5.91 Å². The van der Waals surface area contributed by atoms with Crippen molar-refractivity contribution in [3.8, 4) is 0 Å². The lowest BCUT2D eigenvalue weighted by Crippen LogP contribution is -2.64. The van der Waals surface area contributed by atoms with E-state index in [1.807, 2.05) is 6.92 Å². The second-order valence-electron chi connectivity index (χ2n) is 5.59. The summed E-state index contributed by atoms with van der Waals surface area (Å²) in [5.41, 5.74) is -1.37. The van der Waals surface area contributed by atoms with Gasteiger partial charge in [-0.2, -0.15) is 0 Å². The van der Waals surface area contributed by atoms with Gasteiger partial charge in [0.15, 0.2) is 0 Å². The van der Waals surface area contributed by atoms with Crippen LogP contribution >= 0.6 is 0 Å². The quantitative estimate of drug-likeness (QED) is 0.758. The van der Waals surface area contributed by atoms with E-state index in [-0.39, 0.29) is 23.5 Å². The largest absolute Gasteiger partial charge is 0.381 e. The fraction of sp³-hybridized carbons (Fsp3) is 0.917. The zero-order valence-electron chi connectivity index (χ0n) is 10.8. The van der Waals surface area contributed by atoms with Gasteiger partial charge in [-0.3, -0.25) is 4.79 Å². The lowest BCUT2D eigenvalue weighted by atomic mass is 9.64. The van der Waals surface area contributed by atoms with Crippen LogP contribution in [0.3, 0.4) is 0 Å². The Balaban J connectivity index is 2.51. The minimum Gasteiger partial charge on any atom is -0.381 e. The van der Waals surface area contributed by atoms with E-state index in [2.05, 4.69) is 19.2 Å². The van der Waals surface area contributed by atoms with Gasteiger partial charge in [0.05, 0.1) is 6.10 Å². The van der Waals surface area contributed by atoms with E-state index in [9.17, 15) is 9.90 Å². The maximum Gasteiger partial charge on any atom is 0.251 e. The fourth-order valence-electron chi connectivity index (χ4n) is 1.95. The number of ether oxygens (including phenoxy) is 1. The molecule has 0 aromatic rings. The van der Waals surface area contributed by atoms with E-state index in [0.717, 1.165) is 6.42 Å². The van der Waals surface area contributed by atoms with Gasteiger partial charge in [-0.25, -0.2) is 0 Å². The van der Waals surface area contributed by atoms with Crippen molar-refractivity contribution >= 4 is 5.91 Å². The van der Waals surface area contributed by atoms with Crippen molar-refractivity contribution in [3.63, 3.8) is 0 Å². The van der Waals surface area contributed by atoms with Crippen molar-refractivity contribution in [3.05, 3.63) is 0 Å². The first-order valence-corrected chi connectivity index (χ1v) is 5.84. The average Bonchev–Trinajstić information content (AvgIpc) is 2.14. The Kier molecular flexibility index (Phi) is 3.65. The summed E-state index contributed by atoms with van der Waals surface area (Å²) >= 11 is 0. The highest BCUT2D eigenvalue weighted by Gasteiger charge is 2.50. The van der Waals surface area contributed by atoms with Crippen LogP contribution in [0, 0.1) is 5.41 Å². The molecule has 94 valence electrons. The molecule has 0 bridgehead atoms. The van der Waals surface area contributed by atoms with Gasteiger partial charge in [-0.05, 0) is 27.2 Å². The molecule has 4 heteroatoms. The summed E-state index contributed by atoms with van der Waals surface area (Å²) in [5.74, 6) is -0.319. The lowest BCUT2D eigenvalue weighted by molar-refractivity contribution is -0.148. The van der Waals surface area contributed by atoms with Crippen molar-refractivity contribution < 1.29 is 14.6 Å².